The summed E-state index contributed by atoms with van der Waals surface area (Å²) in [4.78, 5) is 2.51. The van der Waals surface area contributed by atoms with Crippen LogP contribution in [-0.4, -0.2) is 36.2 Å². The van der Waals surface area contributed by atoms with Crippen molar-refractivity contribution in [2.24, 2.45) is 5.92 Å². The van der Waals surface area contributed by atoms with E-state index in [0.717, 1.165) is 24.2 Å². The summed E-state index contributed by atoms with van der Waals surface area (Å²) in [5.74, 6) is 1.17. The Morgan fingerprint density at radius 1 is 1.21 bits per heavy atom. The van der Waals surface area contributed by atoms with Crippen LogP contribution in [0.4, 0.5) is 0 Å². The second-order valence-corrected chi connectivity index (χ2v) is 5.97. The largest absolute Gasteiger partial charge is 0.496 e. The Balaban J connectivity index is 1.79. The normalized spacial score (nSPS) is 32.3. The van der Waals surface area contributed by atoms with Crippen molar-refractivity contribution in [1.82, 2.24) is 4.90 Å². The minimum Gasteiger partial charge on any atom is -0.496 e. The predicted molar refractivity (Wildman–Crippen MR) is 75.3 cm³/mol. The maximum Gasteiger partial charge on any atom is 0.124 e. The van der Waals surface area contributed by atoms with Crippen LogP contribution in [-0.2, 0) is 0 Å². The summed E-state index contributed by atoms with van der Waals surface area (Å²) >= 11 is 0. The van der Waals surface area contributed by atoms with Crippen LogP contribution in [0.25, 0.3) is 0 Å². The van der Waals surface area contributed by atoms with Crippen molar-refractivity contribution in [3.8, 4) is 5.75 Å². The number of nitrogens with zero attached hydrogens (tertiary/aromatic N) is 1. The molecule has 3 rings (SSSR count). The third kappa shape index (κ3) is 2.26. The van der Waals surface area contributed by atoms with Gasteiger partial charge >= 0.3 is 0 Å². The Kier molecular flexibility index (Phi) is 3.50. The highest BCUT2D eigenvalue weighted by atomic mass is 16.5. The van der Waals surface area contributed by atoms with Crippen molar-refractivity contribution in [3.05, 3.63) is 29.8 Å². The smallest absolute Gasteiger partial charge is 0.124 e. The molecule has 0 saturated carbocycles. The van der Waals surface area contributed by atoms with Crippen LogP contribution in [0.15, 0.2) is 24.3 Å². The predicted octanol–water partition coefficient (Wildman–Crippen LogP) is 2.60. The first-order chi connectivity index (χ1) is 9.20. The molecule has 1 aromatic carbocycles. The van der Waals surface area contributed by atoms with Crippen LogP contribution < -0.4 is 4.74 Å². The summed E-state index contributed by atoms with van der Waals surface area (Å²) in [7, 11) is 3.90. The number of para-hydroxylation sites is 1. The summed E-state index contributed by atoms with van der Waals surface area (Å²) < 4.78 is 5.38. The van der Waals surface area contributed by atoms with E-state index in [1.54, 1.807) is 7.11 Å². The Hall–Kier alpha value is -1.06. The lowest BCUT2D eigenvalue weighted by atomic mass is 9.83. The lowest BCUT2D eigenvalue weighted by molar-refractivity contribution is 0.0343. The number of fused-ring (bicyclic) bond motifs is 2. The summed E-state index contributed by atoms with van der Waals surface area (Å²) in [5, 5.41) is 10.7. The van der Waals surface area contributed by atoms with E-state index in [2.05, 4.69) is 11.9 Å². The standard InChI is InChI=1S/C16H23NO2/c1-17-12-7-8-13(17)10-11(9-12)16(18)14-5-3-4-6-15(14)19-2/h3-6,11-13,16,18H,7-10H2,1-2H3. The molecule has 1 aromatic rings. The zero-order valence-corrected chi connectivity index (χ0v) is 11.7. The van der Waals surface area contributed by atoms with Crippen LogP contribution in [0.2, 0.25) is 0 Å². The molecule has 0 aromatic heterocycles. The molecule has 3 unspecified atom stereocenters. The van der Waals surface area contributed by atoms with E-state index in [1.165, 1.54) is 12.8 Å². The molecule has 104 valence electrons. The molecule has 2 aliphatic rings. The molecule has 3 atom stereocenters. The molecule has 2 aliphatic heterocycles. The van der Waals surface area contributed by atoms with Gasteiger partial charge in [0.05, 0.1) is 13.2 Å². The van der Waals surface area contributed by atoms with Crippen LogP contribution in [0.5, 0.6) is 5.75 Å². The third-order valence-electron chi connectivity index (χ3n) is 5.04. The van der Waals surface area contributed by atoms with Gasteiger partial charge in [-0.25, -0.2) is 0 Å². The number of benzene rings is 1. The lowest BCUT2D eigenvalue weighted by Crippen LogP contribution is -2.41. The van der Waals surface area contributed by atoms with Crippen LogP contribution in [0.3, 0.4) is 0 Å². The number of hydrogen-bond donors (Lipinski definition) is 1. The van der Waals surface area contributed by atoms with E-state index < -0.39 is 6.10 Å². The summed E-state index contributed by atoms with van der Waals surface area (Å²) in [5.41, 5.74) is 0.943. The highest BCUT2D eigenvalue weighted by molar-refractivity contribution is 5.35. The molecule has 19 heavy (non-hydrogen) atoms. The fourth-order valence-corrected chi connectivity index (χ4v) is 3.88. The number of rotatable bonds is 3. The summed E-state index contributed by atoms with van der Waals surface area (Å²) in [6.45, 7) is 0. The Morgan fingerprint density at radius 2 is 1.84 bits per heavy atom. The minimum atomic E-state index is -0.395. The van der Waals surface area contributed by atoms with E-state index in [0.29, 0.717) is 18.0 Å². The SMILES string of the molecule is COc1ccccc1C(O)C1CC2CCC(C1)N2C. The van der Waals surface area contributed by atoms with E-state index >= 15 is 0 Å². The van der Waals surface area contributed by atoms with Gasteiger partial charge in [-0.3, -0.25) is 0 Å². The molecule has 3 nitrogen and oxygen atoms in total. The van der Waals surface area contributed by atoms with Gasteiger partial charge in [0, 0.05) is 17.6 Å². The monoisotopic (exact) mass is 261 g/mol. The van der Waals surface area contributed by atoms with Crippen LogP contribution >= 0.6 is 0 Å². The molecule has 2 saturated heterocycles. The van der Waals surface area contributed by atoms with Gasteiger partial charge in [-0.05, 0) is 44.7 Å². The first kappa shape index (κ1) is 12.9. The van der Waals surface area contributed by atoms with E-state index in [4.69, 9.17) is 4.74 Å². The molecule has 2 bridgehead atoms. The molecule has 2 heterocycles. The van der Waals surface area contributed by atoms with Crippen LogP contribution in [0, 0.1) is 5.92 Å². The van der Waals surface area contributed by atoms with Crippen molar-refractivity contribution in [1.29, 1.82) is 0 Å². The number of methoxy groups -OCH3 is 1. The summed E-state index contributed by atoms with van der Waals surface area (Å²) in [6.07, 6.45) is 4.39. The number of hydrogen-bond acceptors (Lipinski definition) is 3. The number of piperidine rings is 1. The quantitative estimate of drug-likeness (QED) is 0.908. The number of aliphatic hydroxyl groups is 1. The fraction of sp³-hybridized carbons (Fsp3) is 0.625. The molecule has 0 amide bonds. The van der Waals surface area contributed by atoms with E-state index in [9.17, 15) is 5.11 Å². The van der Waals surface area contributed by atoms with Crippen molar-refractivity contribution in [3.63, 3.8) is 0 Å². The fourth-order valence-electron chi connectivity index (χ4n) is 3.88. The topological polar surface area (TPSA) is 32.7 Å². The van der Waals surface area contributed by atoms with E-state index in [1.807, 2.05) is 24.3 Å². The molecule has 0 aliphatic carbocycles. The van der Waals surface area contributed by atoms with Gasteiger partial charge in [-0.1, -0.05) is 18.2 Å². The minimum absolute atomic E-state index is 0.366. The number of ether oxygens (including phenoxy) is 1. The highest BCUT2D eigenvalue weighted by Crippen LogP contribution is 2.43. The molecule has 2 fully saturated rings. The third-order valence-corrected chi connectivity index (χ3v) is 5.04. The summed E-state index contributed by atoms with van der Waals surface area (Å²) in [6, 6.07) is 9.17. The Morgan fingerprint density at radius 3 is 2.47 bits per heavy atom. The second-order valence-electron chi connectivity index (χ2n) is 5.97. The zero-order valence-electron chi connectivity index (χ0n) is 11.7. The molecular formula is C16H23NO2. The molecule has 1 N–H and O–H groups in total. The first-order valence-corrected chi connectivity index (χ1v) is 7.23. The van der Waals surface area contributed by atoms with E-state index in [-0.39, 0.29) is 0 Å². The van der Waals surface area contributed by atoms with Crippen LogP contribution in [0.1, 0.15) is 37.4 Å². The maximum absolute atomic E-state index is 10.7. The van der Waals surface area contributed by atoms with Crippen molar-refractivity contribution in [2.45, 2.75) is 43.9 Å². The molecule has 3 heteroatoms. The first-order valence-electron chi connectivity index (χ1n) is 7.23. The molecular weight excluding hydrogens is 238 g/mol. The van der Waals surface area contributed by atoms with Crippen molar-refractivity contribution in [2.75, 3.05) is 14.2 Å². The van der Waals surface area contributed by atoms with Gasteiger partial charge in [-0.2, -0.15) is 0 Å². The van der Waals surface area contributed by atoms with Gasteiger partial charge in [0.2, 0.25) is 0 Å². The van der Waals surface area contributed by atoms with Gasteiger partial charge in [0.15, 0.2) is 0 Å². The van der Waals surface area contributed by atoms with Crippen molar-refractivity contribution >= 4 is 0 Å². The molecule has 0 radical (unpaired) electrons. The highest BCUT2D eigenvalue weighted by Gasteiger charge is 2.41. The lowest BCUT2D eigenvalue weighted by Gasteiger charge is -2.38. The van der Waals surface area contributed by atoms with Gasteiger partial charge in [0.25, 0.3) is 0 Å². The van der Waals surface area contributed by atoms with Gasteiger partial charge < -0.3 is 14.7 Å². The van der Waals surface area contributed by atoms with Crippen molar-refractivity contribution < 1.29 is 9.84 Å². The maximum atomic E-state index is 10.7. The Bertz CT molecular complexity index is 434. The number of aliphatic hydroxyl groups excluding tert-OH is 1. The second kappa shape index (κ2) is 5.14. The average molecular weight is 261 g/mol. The zero-order chi connectivity index (χ0) is 13.4. The van der Waals surface area contributed by atoms with Gasteiger partial charge in [-0.15, -0.1) is 0 Å². The van der Waals surface area contributed by atoms with Gasteiger partial charge in [0.1, 0.15) is 5.75 Å². The Labute approximate surface area is 115 Å². The average Bonchev–Trinajstić information content (AvgIpc) is 2.68. The molecule has 0 spiro atoms.